The highest BCUT2D eigenvalue weighted by atomic mass is 16.5. The van der Waals surface area contributed by atoms with E-state index >= 15 is 0 Å². The first-order valence-corrected chi connectivity index (χ1v) is 7.50. The van der Waals surface area contributed by atoms with Gasteiger partial charge < -0.3 is 10.1 Å². The summed E-state index contributed by atoms with van der Waals surface area (Å²) in [5, 5.41) is 3.68. The lowest BCUT2D eigenvalue weighted by molar-refractivity contribution is 0.0376. The number of nitrogens with zero attached hydrogens (tertiary/aromatic N) is 1. The van der Waals surface area contributed by atoms with Crippen LogP contribution in [0, 0.1) is 0 Å². The van der Waals surface area contributed by atoms with E-state index in [0.29, 0.717) is 0 Å². The molecule has 0 aromatic heterocycles. The van der Waals surface area contributed by atoms with E-state index < -0.39 is 0 Å². The minimum atomic E-state index is 0.728. The number of ether oxygens (including phenoxy) is 1. The van der Waals surface area contributed by atoms with Crippen molar-refractivity contribution in [2.75, 3.05) is 39.4 Å². The van der Waals surface area contributed by atoms with Gasteiger partial charge in [-0.15, -0.1) is 0 Å². The SMILES string of the molecule is c1ccc(C2CC(NCCN3CCOCC3)C2)cc1. The topological polar surface area (TPSA) is 24.5 Å². The molecule has 3 heteroatoms. The van der Waals surface area contributed by atoms with Crippen LogP contribution in [0.4, 0.5) is 0 Å². The Hall–Kier alpha value is -0.900. The zero-order chi connectivity index (χ0) is 12.9. The Balaban J connectivity index is 1.31. The lowest BCUT2D eigenvalue weighted by Crippen LogP contribution is -2.45. The molecular formula is C16H24N2O. The second-order valence-electron chi connectivity index (χ2n) is 5.68. The minimum Gasteiger partial charge on any atom is -0.379 e. The third-order valence-electron chi connectivity index (χ3n) is 4.37. The maximum absolute atomic E-state index is 5.36. The highest BCUT2D eigenvalue weighted by Crippen LogP contribution is 2.36. The first-order valence-electron chi connectivity index (χ1n) is 7.50. The monoisotopic (exact) mass is 260 g/mol. The van der Waals surface area contributed by atoms with Gasteiger partial charge in [-0.05, 0) is 24.3 Å². The largest absolute Gasteiger partial charge is 0.379 e. The van der Waals surface area contributed by atoms with Crippen molar-refractivity contribution in [1.29, 1.82) is 0 Å². The molecule has 0 spiro atoms. The van der Waals surface area contributed by atoms with Crippen molar-refractivity contribution in [3.63, 3.8) is 0 Å². The van der Waals surface area contributed by atoms with Gasteiger partial charge in [-0.1, -0.05) is 30.3 Å². The summed E-state index contributed by atoms with van der Waals surface area (Å²) in [4.78, 5) is 2.49. The molecule has 1 aliphatic heterocycles. The Labute approximate surface area is 115 Å². The van der Waals surface area contributed by atoms with Crippen molar-refractivity contribution in [3.05, 3.63) is 35.9 Å². The van der Waals surface area contributed by atoms with Gasteiger partial charge in [0.05, 0.1) is 13.2 Å². The van der Waals surface area contributed by atoms with Gasteiger partial charge in [0.15, 0.2) is 0 Å². The summed E-state index contributed by atoms with van der Waals surface area (Å²) in [5.74, 6) is 0.780. The highest BCUT2D eigenvalue weighted by Gasteiger charge is 2.29. The Bertz CT molecular complexity index is 370. The number of rotatable bonds is 5. The molecule has 3 nitrogen and oxygen atoms in total. The van der Waals surface area contributed by atoms with Crippen LogP contribution in [-0.4, -0.2) is 50.3 Å². The molecule has 104 valence electrons. The zero-order valence-corrected chi connectivity index (χ0v) is 11.6. The average Bonchev–Trinajstić information content (AvgIpc) is 2.43. The van der Waals surface area contributed by atoms with E-state index in [1.807, 2.05) is 0 Å². The fourth-order valence-electron chi connectivity index (χ4n) is 3.03. The molecule has 1 saturated carbocycles. The lowest BCUT2D eigenvalue weighted by atomic mass is 9.76. The number of benzene rings is 1. The van der Waals surface area contributed by atoms with Gasteiger partial charge in [0.1, 0.15) is 0 Å². The van der Waals surface area contributed by atoms with Crippen molar-refractivity contribution in [3.8, 4) is 0 Å². The molecule has 1 saturated heterocycles. The molecule has 0 radical (unpaired) electrons. The predicted molar refractivity (Wildman–Crippen MR) is 77.5 cm³/mol. The Morgan fingerprint density at radius 1 is 1.11 bits per heavy atom. The first kappa shape index (κ1) is 13.1. The number of nitrogens with one attached hydrogen (secondary N) is 1. The summed E-state index contributed by atoms with van der Waals surface area (Å²) in [7, 11) is 0. The summed E-state index contributed by atoms with van der Waals surface area (Å²) >= 11 is 0. The molecule has 0 bridgehead atoms. The minimum absolute atomic E-state index is 0.728. The molecule has 1 aliphatic carbocycles. The van der Waals surface area contributed by atoms with Crippen LogP contribution in [0.25, 0.3) is 0 Å². The van der Waals surface area contributed by atoms with Gasteiger partial charge in [0.2, 0.25) is 0 Å². The Morgan fingerprint density at radius 3 is 2.58 bits per heavy atom. The molecule has 3 rings (SSSR count). The van der Waals surface area contributed by atoms with E-state index in [1.54, 1.807) is 0 Å². The molecule has 0 amide bonds. The fraction of sp³-hybridized carbons (Fsp3) is 0.625. The summed E-state index contributed by atoms with van der Waals surface area (Å²) in [6.07, 6.45) is 2.60. The van der Waals surface area contributed by atoms with Crippen molar-refractivity contribution >= 4 is 0 Å². The zero-order valence-electron chi connectivity index (χ0n) is 11.6. The summed E-state index contributed by atoms with van der Waals surface area (Å²) in [6, 6.07) is 11.6. The van der Waals surface area contributed by atoms with E-state index in [9.17, 15) is 0 Å². The fourth-order valence-corrected chi connectivity index (χ4v) is 3.03. The molecule has 1 N–H and O–H groups in total. The molecule has 19 heavy (non-hydrogen) atoms. The van der Waals surface area contributed by atoms with Crippen LogP contribution in [-0.2, 0) is 4.74 Å². The van der Waals surface area contributed by atoms with Crippen LogP contribution in [0.1, 0.15) is 24.3 Å². The number of hydrogen-bond acceptors (Lipinski definition) is 3. The van der Waals surface area contributed by atoms with Crippen molar-refractivity contribution in [2.24, 2.45) is 0 Å². The number of hydrogen-bond donors (Lipinski definition) is 1. The van der Waals surface area contributed by atoms with Gasteiger partial charge in [-0.2, -0.15) is 0 Å². The molecule has 1 aromatic carbocycles. The third kappa shape index (κ3) is 3.56. The van der Waals surface area contributed by atoms with Crippen LogP contribution >= 0.6 is 0 Å². The van der Waals surface area contributed by atoms with Crippen LogP contribution < -0.4 is 5.32 Å². The molecule has 1 aromatic rings. The summed E-state index contributed by atoms with van der Waals surface area (Å²) in [5.41, 5.74) is 1.51. The first-order chi connectivity index (χ1) is 9.42. The van der Waals surface area contributed by atoms with Gasteiger partial charge in [-0.3, -0.25) is 4.90 Å². The van der Waals surface area contributed by atoms with E-state index in [1.165, 1.54) is 18.4 Å². The van der Waals surface area contributed by atoms with E-state index in [4.69, 9.17) is 4.74 Å². The predicted octanol–water partition coefficient (Wildman–Crippen LogP) is 1.85. The summed E-state index contributed by atoms with van der Waals surface area (Å²) < 4.78 is 5.36. The van der Waals surface area contributed by atoms with Gasteiger partial charge in [0.25, 0.3) is 0 Å². The normalized spacial score (nSPS) is 28.0. The smallest absolute Gasteiger partial charge is 0.0594 e. The van der Waals surface area contributed by atoms with E-state index in [0.717, 1.165) is 51.4 Å². The Morgan fingerprint density at radius 2 is 1.84 bits per heavy atom. The van der Waals surface area contributed by atoms with E-state index in [-0.39, 0.29) is 0 Å². The quantitative estimate of drug-likeness (QED) is 0.874. The van der Waals surface area contributed by atoms with Crippen LogP contribution in [0.15, 0.2) is 30.3 Å². The van der Waals surface area contributed by atoms with Crippen LogP contribution in [0.5, 0.6) is 0 Å². The average molecular weight is 260 g/mol. The lowest BCUT2D eigenvalue weighted by Gasteiger charge is -2.37. The third-order valence-corrected chi connectivity index (χ3v) is 4.37. The molecule has 1 heterocycles. The highest BCUT2D eigenvalue weighted by molar-refractivity contribution is 5.22. The standard InChI is InChI=1S/C16H24N2O/c1-2-4-14(5-3-1)15-12-16(13-15)17-6-7-18-8-10-19-11-9-18/h1-5,15-17H,6-13H2. The second-order valence-corrected chi connectivity index (χ2v) is 5.68. The molecule has 2 fully saturated rings. The van der Waals surface area contributed by atoms with Crippen molar-refractivity contribution in [2.45, 2.75) is 24.8 Å². The Kier molecular flexibility index (Phi) is 4.49. The molecule has 0 unspecified atom stereocenters. The van der Waals surface area contributed by atoms with Gasteiger partial charge in [0, 0.05) is 32.2 Å². The van der Waals surface area contributed by atoms with Crippen molar-refractivity contribution in [1.82, 2.24) is 10.2 Å². The molecule has 0 atom stereocenters. The molecular weight excluding hydrogens is 236 g/mol. The van der Waals surface area contributed by atoms with Crippen LogP contribution in [0.2, 0.25) is 0 Å². The maximum atomic E-state index is 5.36. The van der Waals surface area contributed by atoms with Gasteiger partial charge in [-0.25, -0.2) is 0 Å². The van der Waals surface area contributed by atoms with Gasteiger partial charge >= 0.3 is 0 Å². The van der Waals surface area contributed by atoms with E-state index in [2.05, 4.69) is 40.5 Å². The maximum Gasteiger partial charge on any atom is 0.0594 e. The second kappa shape index (κ2) is 6.51. The summed E-state index contributed by atoms with van der Waals surface area (Å²) in [6.45, 7) is 6.28. The van der Waals surface area contributed by atoms with Crippen LogP contribution in [0.3, 0.4) is 0 Å². The number of morpholine rings is 1. The molecule has 2 aliphatic rings. The van der Waals surface area contributed by atoms with Crippen molar-refractivity contribution < 1.29 is 4.74 Å².